The van der Waals surface area contributed by atoms with Crippen LogP contribution < -0.4 is 10.1 Å². The van der Waals surface area contributed by atoms with Crippen LogP contribution in [0.2, 0.25) is 5.15 Å². The molecule has 1 aliphatic heterocycles. The van der Waals surface area contributed by atoms with Gasteiger partial charge in [-0.05, 0) is 30.9 Å². The van der Waals surface area contributed by atoms with Crippen molar-refractivity contribution in [1.82, 2.24) is 25.0 Å². The van der Waals surface area contributed by atoms with Gasteiger partial charge in [-0.1, -0.05) is 66.7 Å². The number of aromatic nitrogens is 5. The molecule has 0 saturated heterocycles. The van der Waals surface area contributed by atoms with Crippen LogP contribution in [-0.4, -0.2) is 30.7 Å². The predicted molar refractivity (Wildman–Crippen MR) is 122 cm³/mol. The standard InChI is InChI=1S/C22H19ClN6OS/c1-3-31-22-25-21-18(26-27-22)15-11-7-8-12-16(15)24-20(30-21)17-13(2)28-29(19(17)23)14-9-5-4-6-10-14/h4-12,20,24H,3H2,1-2H3. The number of hydrogen-bond donors (Lipinski definition) is 1. The lowest BCUT2D eigenvalue weighted by Gasteiger charge is -2.19. The lowest BCUT2D eigenvalue weighted by molar-refractivity contribution is 0.224. The Morgan fingerprint density at radius 2 is 1.87 bits per heavy atom. The van der Waals surface area contributed by atoms with Gasteiger partial charge in [0.1, 0.15) is 5.15 Å². The van der Waals surface area contributed by atoms with E-state index in [1.54, 1.807) is 4.68 Å². The van der Waals surface area contributed by atoms with E-state index in [0.29, 0.717) is 21.9 Å². The lowest BCUT2D eigenvalue weighted by Crippen LogP contribution is -2.18. The number of ether oxygens (including phenoxy) is 1. The molecule has 0 bridgehead atoms. The number of rotatable bonds is 4. The Kier molecular flexibility index (Phi) is 5.25. The normalized spacial score (nSPS) is 14.7. The Balaban J connectivity index is 1.63. The van der Waals surface area contributed by atoms with Gasteiger partial charge in [0.25, 0.3) is 0 Å². The van der Waals surface area contributed by atoms with Crippen molar-refractivity contribution in [3.63, 3.8) is 0 Å². The highest BCUT2D eigenvalue weighted by Gasteiger charge is 2.30. The van der Waals surface area contributed by atoms with E-state index in [1.165, 1.54) is 11.8 Å². The topological polar surface area (TPSA) is 77.8 Å². The lowest BCUT2D eigenvalue weighted by atomic mass is 10.1. The van der Waals surface area contributed by atoms with Gasteiger partial charge in [-0.2, -0.15) is 10.1 Å². The molecular formula is C22H19ClN6OS. The van der Waals surface area contributed by atoms with Gasteiger partial charge < -0.3 is 10.1 Å². The molecule has 1 atom stereocenters. The van der Waals surface area contributed by atoms with Crippen LogP contribution in [0.3, 0.4) is 0 Å². The van der Waals surface area contributed by atoms with Gasteiger partial charge in [0.05, 0.1) is 16.9 Å². The summed E-state index contributed by atoms with van der Waals surface area (Å²) in [5.41, 5.74) is 4.71. The summed E-state index contributed by atoms with van der Waals surface area (Å²) in [5.74, 6) is 1.25. The van der Waals surface area contributed by atoms with Gasteiger partial charge in [0, 0.05) is 11.3 Å². The Morgan fingerprint density at radius 1 is 1.10 bits per heavy atom. The molecule has 9 heteroatoms. The Bertz CT molecular complexity index is 1250. The number of nitrogens with one attached hydrogen (secondary N) is 1. The van der Waals surface area contributed by atoms with Crippen LogP contribution in [0.25, 0.3) is 16.9 Å². The second-order valence-corrected chi connectivity index (χ2v) is 8.50. The monoisotopic (exact) mass is 450 g/mol. The van der Waals surface area contributed by atoms with Gasteiger partial charge in [0.15, 0.2) is 5.69 Å². The van der Waals surface area contributed by atoms with Crippen molar-refractivity contribution in [2.24, 2.45) is 0 Å². The molecule has 0 aliphatic carbocycles. The number of fused-ring (bicyclic) bond motifs is 3. The number of benzene rings is 2. The third-order valence-corrected chi connectivity index (χ3v) is 6.00. The van der Waals surface area contributed by atoms with Crippen LogP contribution in [0.4, 0.5) is 5.69 Å². The van der Waals surface area contributed by atoms with Crippen molar-refractivity contribution in [2.75, 3.05) is 11.1 Å². The third-order valence-electron chi connectivity index (χ3n) is 4.92. The first kappa shape index (κ1) is 19.8. The molecule has 7 nitrogen and oxygen atoms in total. The van der Waals surface area contributed by atoms with Crippen LogP contribution in [0.5, 0.6) is 5.88 Å². The average molecular weight is 451 g/mol. The van der Waals surface area contributed by atoms with Crippen LogP contribution in [0.1, 0.15) is 24.4 Å². The maximum absolute atomic E-state index is 6.81. The number of para-hydroxylation sites is 2. The molecule has 2 aromatic carbocycles. The molecule has 1 N–H and O–H groups in total. The van der Waals surface area contributed by atoms with E-state index in [2.05, 4.69) is 25.6 Å². The fourth-order valence-electron chi connectivity index (χ4n) is 3.52. The summed E-state index contributed by atoms with van der Waals surface area (Å²) in [7, 11) is 0. The van der Waals surface area contributed by atoms with Crippen molar-refractivity contribution < 1.29 is 4.74 Å². The number of thioether (sulfide) groups is 1. The first-order valence-electron chi connectivity index (χ1n) is 9.86. The zero-order valence-electron chi connectivity index (χ0n) is 16.9. The van der Waals surface area contributed by atoms with Crippen molar-refractivity contribution in [1.29, 1.82) is 0 Å². The average Bonchev–Trinajstić information content (AvgIpc) is 2.98. The van der Waals surface area contributed by atoms with Gasteiger partial charge >= 0.3 is 0 Å². The number of halogens is 1. The molecule has 1 aliphatic rings. The zero-order valence-corrected chi connectivity index (χ0v) is 18.5. The van der Waals surface area contributed by atoms with Gasteiger partial charge in [-0.25, -0.2) is 4.68 Å². The highest BCUT2D eigenvalue weighted by molar-refractivity contribution is 7.99. The molecular weight excluding hydrogens is 432 g/mol. The number of anilines is 1. The van der Waals surface area contributed by atoms with E-state index in [0.717, 1.165) is 33.9 Å². The minimum atomic E-state index is -0.594. The SMILES string of the molecule is CCSc1nnc2c(n1)OC(c1c(C)nn(-c3ccccc3)c1Cl)Nc1ccccc1-2. The molecule has 31 heavy (non-hydrogen) atoms. The molecule has 5 rings (SSSR count). The molecule has 156 valence electrons. The van der Waals surface area contributed by atoms with E-state index < -0.39 is 6.23 Å². The first-order valence-corrected chi connectivity index (χ1v) is 11.2. The Morgan fingerprint density at radius 3 is 2.68 bits per heavy atom. The molecule has 0 spiro atoms. The van der Waals surface area contributed by atoms with E-state index in [1.807, 2.05) is 68.4 Å². The third kappa shape index (κ3) is 3.62. The second-order valence-electron chi connectivity index (χ2n) is 6.91. The highest BCUT2D eigenvalue weighted by atomic mass is 35.5. The van der Waals surface area contributed by atoms with E-state index in [-0.39, 0.29) is 0 Å². The van der Waals surface area contributed by atoms with Gasteiger partial charge in [0.2, 0.25) is 17.3 Å². The summed E-state index contributed by atoms with van der Waals surface area (Å²) in [6.07, 6.45) is -0.594. The molecule has 0 fully saturated rings. The molecule has 3 heterocycles. The summed E-state index contributed by atoms with van der Waals surface area (Å²) < 4.78 is 8.06. The second kappa shape index (κ2) is 8.20. The van der Waals surface area contributed by atoms with Crippen LogP contribution in [0, 0.1) is 6.92 Å². The van der Waals surface area contributed by atoms with Crippen molar-refractivity contribution in [3.8, 4) is 22.8 Å². The van der Waals surface area contributed by atoms with E-state index in [4.69, 9.17) is 16.3 Å². The number of hydrogen-bond acceptors (Lipinski definition) is 7. The van der Waals surface area contributed by atoms with Crippen LogP contribution >= 0.6 is 23.4 Å². The first-order chi connectivity index (χ1) is 15.2. The fraction of sp³-hybridized carbons (Fsp3) is 0.182. The summed E-state index contributed by atoms with van der Waals surface area (Å²) in [5, 5.41) is 17.8. The summed E-state index contributed by atoms with van der Waals surface area (Å²) >= 11 is 8.33. The molecule has 1 unspecified atom stereocenters. The molecule has 4 aromatic rings. The molecule has 0 saturated carbocycles. The highest BCUT2D eigenvalue weighted by Crippen LogP contribution is 2.41. The van der Waals surface area contributed by atoms with Crippen molar-refractivity contribution >= 4 is 29.1 Å². The molecule has 2 aromatic heterocycles. The van der Waals surface area contributed by atoms with E-state index in [9.17, 15) is 0 Å². The maximum atomic E-state index is 6.81. The smallest absolute Gasteiger partial charge is 0.247 e. The largest absolute Gasteiger partial charge is 0.447 e. The minimum absolute atomic E-state index is 0.413. The summed E-state index contributed by atoms with van der Waals surface area (Å²) in [6.45, 7) is 3.96. The van der Waals surface area contributed by atoms with E-state index >= 15 is 0 Å². The minimum Gasteiger partial charge on any atom is -0.447 e. The van der Waals surface area contributed by atoms with Gasteiger partial charge in [-0.15, -0.1) is 10.2 Å². The summed E-state index contributed by atoms with van der Waals surface area (Å²) in [4.78, 5) is 4.62. The number of aryl methyl sites for hydroxylation is 1. The molecule has 0 radical (unpaired) electrons. The van der Waals surface area contributed by atoms with Crippen molar-refractivity contribution in [2.45, 2.75) is 25.2 Å². The summed E-state index contributed by atoms with van der Waals surface area (Å²) in [6, 6.07) is 17.6. The maximum Gasteiger partial charge on any atom is 0.247 e. The van der Waals surface area contributed by atoms with Crippen LogP contribution in [-0.2, 0) is 0 Å². The molecule has 0 amide bonds. The Labute approximate surface area is 188 Å². The number of nitrogens with zero attached hydrogens (tertiary/aromatic N) is 5. The quantitative estimate of drug-likeness (QED) is 0.422. The van der Waals surface area contributed by atoms with Crippen molar-refractivity contribution in [3.05, 3.63) is 71.0 Å². The Hall–Kier alpha value is -3.10. The van der Waals surface area contributed by atoms with Gasteiger partial charge in [-0.3, -0.25) is 0 Å². The predicted octanol–water partition coefficient (Wildman–Crippen LogP) is 5.30. The zero-order chi connectivity index (χ0) is 21.4. The fourth-order valence-corrected chi connectivity index (χ4v) is 4.39. The van der Waals surface area contributed by atoms with Crippen LogP contribution in [0.15, 0.2) is 59.8 Å².